The van der Waals surface area contributed by atoms with Crippen LogP contribution in [0.2, 0.25) is 0 Å². The van der Waals surface area contributed by atoms with Gasteiger partial charge in [-0.15, -0.1) is 5.10 Å². The van der Waals surface area contributed by atoms with Crippen molar-refractivity contribution < 1.29 is 14.4 Å². The molecule has 1 unspecified atom stereocenters. The van der Waals surface area contributed by atoms with Crippen LogP contribution in [-0.2, 0) is 4.79 Å². The predicted molar refractivity (Wildman–Crippen MR) is 95.5 cm³/mol. The molecule has 0 aromatic carbocycles. The second-order valence-electron chi connectivity index (χ2n) is 7.25. The molecule has 0 bridgehead atoms. The Kier molecular flexibility index (Phi) is 6.30. The number of carboxylic acids is 1. The second kappa shape index (κ2) is 8.87. The summed E-state index contributed by atoms with van der Waals surface area (Å²) in [6, 6.07) is 3.61. The Morgan fingerprint density at radius 2 is 2.08 bits per heavy atom. The molecule has 0 spiro atoms. The minimum Gasteiger partial charge on any atom is -0.481 e. The molecule has 1 atom stereocenters. The Labute approximate surface area is 153 Å². The smallest absolute Gasteiger partial charge is 0.304 e. The zero-order valence-electron chi connectivity index (χ0n) is 15.2. The largest absolute Gasteiger partial charge is 0.481 e. The number of rotatable bonds is 8. The summed E-state index contributed by atoms with van der Waals surface area (Å²) >= 11 is 0. The Bertz CT molecular complexity index is 708. The van der Waals surface area contributed by atoms with Gasteiger partial charge in [0.05, 0.1) is 12.1 Å². The van der Waals surface area contributed by atoms with Gasteiger partial charge in [-0.05, 0) is 31.4 Å². The lowest BCUT2D eigenvalue weighted by molar-refractivity contribution is -0.137. The van der Waals surface area contributed by atoms with E-state index >= 15 is 0 Å². The Morgan fingerprint density at radius 1 is 1.27 bits per heavy atom. The molecule has 1 saturated carbocycles. The topological polar surface area (TPSA) is 102 Å². The highest BCUT2D eigenvalue weighted by molar-refractivity contribution is 5.67. The number of aryl methyl sites for hydroxylation is 1. The highest BCUT2D eigenvalue weighted by Gasteiger charge is 2.23. The van der Waals surface area contributed by atoms with Gasteiger partial charge in [0.1, 0.15) is 5.69 Å². The first-order chi connectivity index (χ1) is 12.6. The molecule has 2 aromatic rings. The first-order valence-corrected chi connectivity index (χ1v) is 9.48. The van der Waals surface area contributed by atoms with E-state index in [1.807, 2.05) is 13.0 Å². The minimum atomic E-state index is -0.845. The van der Waals surface area contributed by atoms with Crippen LogP contribution in [0.5, 0.6) is 0 Å². The summed E-state index contributed by atoms with van der Waals surface area (Å²) < 4.78 is 5.36. The first kappa shape index (κ1) is 18.5. The average Bonchev–Trinajstić information content (AvgIpc) is 3.12. The molecule has 26 heavy (non-hydrogen) atoms. The van der Waals surface area contributed by atoms with E-state index < -0.39 is 5.97 Å². The third-order valence-corrected chi connectivity index (χ3v) is 5.13. The molecule has 0 aliphatic heterocycles. The standard InChI is InChI=1S/C19H26N4O3/c1-13-10-11-16(22-21-13)18-20-19(26-23-18)15(12-17(24)25)9-5-8-14-6-3-2-4-7-14/h10-11,14-15H,2-9,12H2,1H3,(H,24,25). The van der Waals surface area contributed by atoms with E-state index in [-0.39, 0.29) is 12.3 Å². The predicted octanol–water partition coefficient (Wildman–Crippen LogP) is 4.14. The zero-order valence-corrected chi connectivity index (χ0v) is 15.2. The van der Waals surface area contributed by atoms with E-state index in [4.69, 9.17) is 4.52 Å². The molecular weight excluding hydrogens is 332 g/mol. The SMILES string of the molecule is Cc1ccc(-c2noc(C(CCCC3CCCCC3)CC(=O)O)n2)nn1. The Morgan fingerprint density at radius 3 is 2.77 bits per heavy atom. The van der Waals surface area contributed by atoms with E-state index in [2.05, 4.69) is 20.3 Å². The molecule has 0 radical (unpaired) electrons. The number of aromatic nitrogens is 4. The van der Waals surface area contributed by atoms with Crippen molar-refractivity contribution in [3.63, 3.8) is 0 Å². The van der Waals surface area contributed by atoms with Gasteiger partial charge in [0.2, 0.25) is 11.7 Å². The van der Waals surface area contributed by atoms with Gasteiger partial charge in [0.25, 0.3) is 0 Å². The lowest BCUT2D eigenvalue weighted by atomic mass is 9.84. The number of nitrogens with zero attached hydrogens (tertiary/aromatic N) is 4. The van der Waals surface area contributed by atoms with Crippen molar-refractivity contribution in [3.8, 4) is 11.5 Å². The molecule has 7 heteroatoms. The number of carbonyl (C=O) groups is 1. The number of aliphatic carboxylic acids is 1. The van der Waals surface area contributed by atoms with Crippen LogP contribution in [0, 0.1) is 12.8 Å². The molecule has 140 valence electrons. The first-order valence-electron chi connectivity index (χ1n) is 9.48. The number of hydrogen-bond acceptors (Lipinski definition) is 6. The lowest BCUT2D eigenvalue weighted by Gasteiger charge is -2.21. The highest BCUT2D eigenvalue weighted by Crippen LogP contribution is 2.31. The molecule has 0 amide bonds. The van der Waals surface area contributed by atoms with Gasteiger partial charge in [0.15, 0.2) is 0 Å². The monoisotopic (exact) mass is 358 g/mol. The van der Waals surface area contributed by atoms with Gasteiger partial charge in [0, 0.05) is 5.92 Å². The normalized spacial score (nSPS) is 16.5. The summed E-state index contributed by atoms with van der Waals surface area (Å²) in [4.78, 5) is 15.6. The quantitative estimate of drug-likeness (QED) is 0.756. The van der Waals surface area contributed by atoms with Crippen LogP contribution in [0.25, 0.3) is 11.5 Å². The maximum Gasteiger partial charge on any atom is 0.304 e. The van der Waals surface area contributed by atoms with Gasteiger partial charge < -0.3 is 9.63 Å². The lowest BCUT2D eigenvalue weighted by Crippen LogP contribution is -2.10. The number of carboxylic acid groups (broad SMARTS) is 1. The van der Waals surface area contributed by atoms with Crippen molar-refractivity contribution in [2.45, 2.75) is 70.6 Å². The van der Waals surface area contributed by atoms with Gasteiger partial charge in [-0.25, -0.2) is 0 Å². The van der Waals surface area contributed by atoms with Crippen molar-refractivity contribution in [2.75, 3.05) is 0 Å². The van der Waals surface area contributed by atoms with E-state index in [1.54, 1.807) is 6.07 Å². The highest BCUT2D eigenvalue weighted by atomic mass is 16.5. The molecule has 2 aromatic heterocycles. The van der Waals surface area contributed by atoms with Crippen LogP contribution in [-0.4, -0.2) is 31.4 Å². The molecule has 1 aliphatic rings. The summed E-state index contributed by atoms with van der Waals surface area (Å²) in [6.45, 7) is 1.85. The molecule has 1 N–H and O–H groups in total. The van der Waals surface area contributed by atoms with Crippen LogP contribution in [0.3, 0.4) is 0 Å². The van der Waals surface area contributed by atoms with E-state index in [0.717, 1.165) is 30.9 Å². The van der Waals surface area contributed by atoms with Gasteiger partial charge in [-0.3, -0.25) is 4.79 Å². The fourth-order valence-corrected chi connectivity index (χ4v) is 3.68. The Hall–Kier alpha value is -2.31. The maximum absolute atomic E-state index is 11.2. The molecule has 2 heterocycles. The molecule has 0 saturated heterocycles. The molecular formula is C19H26N4O3. The van der Waals surface area contributed by atoms with Crippen LogP contribution < -0.4 is 0 Å². The fraction of sp³-hybridized carbons (Fsp3) is 0.632. The Balaban J connectivity index is 1.63. The van der Waals surface area contributed by atoms with Crippen molar-refractivity contribution in [1.82, 2.24) is 20.3 Å². The number of hydrogen-bond donors (Lipinski definition) is 1. The summed E-state index contributed by atoms with van der Waals surface area (Å²) in [6.07, 6.45) is 9.52. The van der Waals surface area contributed by atoms with Gasteiger partial charge in [-0.1, -0.05) is 50.1 Å². The van der Waals surface area contributed by atoms with Crippen LogP contribution in [0.1, 0.15) is 75.3 Å². The third kappa shape index (κ3) is 5.09. The summed E-state index contributed by atoms with van der Waals surface area (Å²) in [7, 11) is 0. The van der Waals surface area contributed by atoms with E-state index in [1.165, 1.54) is 32.1 Å². The summed E-state index contributed by atoms with van der Waals surface area (Å²) in [5.74, 6) is 0.428. The van der Waals surface area contributed by atoms with Crippen LogP contribution in [0.15, 0.2) is 16.7 Å². The molecule has 7 nitrogen and oxygen atoms in total. The minimum absolute atomic E-state index is 0.00583. The average molecular weight is 358 g/mol. The zero-order chi connectivity index (χ0) is 18.4. The fourth-order valence-electron chi connectivity index (χ4n) is 3.68. The van der Waals surface area contributed by atoms with Crippen molar-refractivity contribution in [2.24, 2.45) is 5.92 Å². The van der Waals surface area contributed by atoms with E-state index in [0.29, 0.717) is 17.4 Å². The summed E-state index contributed by atoms with van der Waals surface area (Å²) in [5.41, 5.74) is 1.34. The van der Waals surface area contributed by atoms with Crippen LogP contribution >= 0.6 is 0 Å². The second-order valence-corrected chi connectivity index (χ2v) is 7.25. The van der Waals surface area contributed by atoms with Gasteiger partial charge >= 0.3 is 5.97 Å². The van der Waals surface area contributed by atoms with Crippen molar-refractivity contribution in [1.29, 1.82) is 0 Å². The van der Waals surface area contributed by atoms with Crippen molar-refractivity contribution in [3.05, 3.63) is 23.7 Å². The summed E-state index contributed by atoms with van der Waals surface area (Å²) in [5, 5.41) is 21.2. The van der Waals surface area contributed by atoms with Crippen LogP contribution in [0.4, 0.5) is 0 Å². The molecule has 3 rings (SSSR count). The van der Waals surface area contributed by atoms with Crippen molar-refractivity contribution >= 4 is 5.97 Å². The maximum atomic E-state index is 11.2. The van der Waals surface area contributed by atoms with E-state index in [9.17, 15) is 9.90 Å². The van der Waals surface area contributed by atoms with Gasteiger partial charge in [-0.2, -0.15) is 10.1 Å². The molecule has 1 aliphatic carbocycles. The third-order valence-electron chi connectivity index (χ3n) is 5.13. The molecule has 1 fully saturated rings.